The fraction of sp³-hybridized carbons (Fsp3) is 0.263. The summed E-state index contributed by atoms with van der Waals surface area (Å²) in [4.78, 5) is 28.8. The molecular weight excluding hydrogens is 359 g/mol. The second kappa shape index (κ2) is 7.06. The van der Waals surface area contributed by atoms with Crippen molar-refractivity contribution in [3.63, 3.8) is 0 Å². The van der Waals surface area contributed by atoms with Crippen molar-refractivity contribution in [1.82, 2.24) is 4.90 Å². The van der Waals surface area contributed by atoms with Crippen molar-refractivity contribution >= 4 is 40.7 Å². The molecule has 2 amide bonds. The van der Waals surface area contributed by atoms with Crippen LogP contribution in [0.1, 0.15) is 22.8 Å². The van der Waals surface area contributed by atoms with Gasteiger partial charge in [-0.15, -0.1) is 0 Å². The second-order valence-corrected chi connectivity index (χ2v) is 6.95. The van der Waals surface area contributed by atoms with E-state index in [-0.39, 0.29) is 11.8 Å². The first-order chi connectivity index (χ1) is 11.9. The van der Waals surface area contributed by atoms with Gasteiger partial charge in [-0.3, -0.25) is 9.59 Å². The average Bonchev–Trinajstić information content (AvgIpc) is 2.60. The van der Waals surface area contributed by atoms with Crippen LogP contribution in [-0.4, -0.2) is 35.8 Å². The molecule has 0 aliphatic carbocycles. The van der Waals surface area contributed by atoms with Crippen LogP contribution in [0.4, 0.5) is 5.69 Å². The van der Waals surface area contributed by atoms with Crippen LogP contribution in [0.15, 0.2) is 42.5 Å². The molecule has 0 unspecified atom stereocenters. The molecule has 1 heterocycles. The van der Waals surface area contributed by atoms with Crippen LogP contribution in [0.2, 0.25) is 10.0 Å². The smallest absolute Gasteiger partial charge is 0.254 e. The van der Waals surface area contributed by atoms with E-state index in [1.54, 1.807) is 47.1 Å². The van der Waals surface area contributed by atoms with E-state index in [1.807, 2.05) is 19.1 Å². The van der Waals surface area contributed by atoms with Crippen molar-refractivity contribution < 1.29 is 9.59 Å². The van der Waals surface area contributed by atoms with Crippen LogP contribution in [-0.2, 0) is 4.79 Å². The molecule has 1 aliphatic heterocycles. The molecule has 0 aromatic heterocycles. The van der Waals surface area contributed by atoms with E-state index in [1.165, 1.54) is 0 Å². The van der Waals surface area contributed by atoms with Crippen LogP contribution in [0, 0.1) is 6.92 Å². The molecule has 6 heteroatoms. The Bertz CT molecular complexity index is 821. The van der Waals surface area contributed by atoms with Crippen molar-refractivity contribution in [2.75, 3.05) is 18.0 Å². The number of carbonyl (C=O) groups excluding carboxylic acids is 2. The highest BCUT2D eigenvalue weighted by molar-refractivity contribution is 6.31. The number of benzene rings is 2. The Hall–Kier alpha value is -2.04. The van der Waals surface area contributed by atoms with Crippen molar-refractivity contribution in [3.8, 4) is 0 Å². The molecule has 0 N–H and O–H groups in total. The molecule has 0 spiro atoms. The average molecular weight is 377 g/mol. The lowest BCUT2D eigenvalue weighted by molar-refractivity contribution is -0.124. The van der Waals surface area contributed by atoms with Gasteiger partial charge in [0, 0.05) is 34.4 Å². The Labute approximate surface area is 156 Å². The van der Waals surface area contributed by atoms with Gasteiger partial charge in [-0.2, -0.15) is 0 Å². The van der Waals surface area contributed by atoms with Crippen molar-refractivity contribution in [2.24, 2.45) is 0 Å². The summed E-state index contributed by atoms with van der Waals surface area (Å²) in [5, 5.41) is 1.19. The zero-order valence-corrected chi connectivity index (χ0v) is 15.5. The summed E-state index contributed by atoms with van der Waals surface area (Å²) in [5.41, 5.74) is 2.24. The molecule has 2 aromatic rings. The van der Waals surface area contributed by atoms with E-state index >= 15 is 0 Å². The molecule has 0 saturated carbocycles. The van der Waals surface area contributed by atoms with Gasteiger partial charge in [-0.05, 0) is 55.8 Å². The topological polar surface area (TPSA) is 40.6 Å². The SMILES string of the molecule is Cc1ccc(N2CCN(C(=O)c3ccc(Cl)cc3)[C@@H](C)C2=O)cc1Cl. The minimum absolute atomic E-state index is 0.117. The van der Waals surface area contributed by atoms with Crippen LogP contribution < -0.4 is 4.90 Å². The summed E-state index contributed by atoms with van der Waals surface area (Å²) < 4.78 is 0. The van der Waals surface area contributed by atoms with E-state index in [0.29, 0.717) is 28.7 Å². The number of rotatable bonds is 2. The second-order valence-electron chi connectivity index (χ2n) is 6.10. The summed E-state index contributed by atoms with van der Waals surface area (Å²) in [6.07, 6.45) is 0. The van der Waals surface area contributed by atoms with E-state index in [2.05, 4.69) is 0 Å². The lowest BCUT2D eigenvalue weighted by Crippen LogP contribution is -2.57. The molecule has 1 aliphatic rings. The van der Waals surface area contributed by atoms with Gasteiger partial charge < -0.3 is 9.80 Å². The van der Waals surface area contributed by atoms with E-state index in [0.717, 1.165) is 11.3 Å². The molecule has 3 rings (SSSR count). The van der Waals surface area contributed by atoms with Gasteiger partial charge in [0.15, 0.2) is 0 Å². The van der Waals surface area contributed by atoms with Gasteiger partial charge in [-0.1, -0.05) is 29.3 Å². The van der Waals surface area contributed by atoms with Gasteiger partial charge in [0.05, 0.1) is 0 Å². The Balaban J connectivity index is 1.80. The number of piperazine rings is 1. The fourth-order valence-electron chi connectivity index (χ4n) is 2.91. The fourth-order valence-corrected chi connectivity index (χ4v) is 3.21. The number of anilines is 1. The summed E-state index contributed by atoms with van der Waals surface area (Å²) >= 11 is 12.0. The van der Waals surface area contributed by atoms with Crippen LogP contribution >= 0.6 is 23.2 Å². The summed E-state index contributed by atoms with van der Waals surface area (Å²) in [7, 11) is 0. The Morgan fingerprint density at radius 2 is 1.76 bits per heavy atom. The number of nitrogens with zero attached hydrogens (tertiary/aromatic N) is 2. The summed E-state index contributed by atoms with van der Waals surface area (Å²) in [6.45, 7) is 4.55. The standard InChI is InChI=1S/C19H18Cl2N2O2/c1-12-3-8-16(11-17(12)21)23-10-9-22(13(2)18(23)24)19(25)14-4-6-15(20)7-5-14/h3-8,11,13H,9-10H2,1-2H3/t13-/m0/s1. The maximum atomic E-state index is 12.8. The minimum atomic E-state index is -0.544. The monoisotopic (exact) mass is 376 g/mol. The van der Waals surface area contributed by atoms with E-state index in [4.69, 9.17) is 23.2 Å². The van der Waals surface area contributed by atoms with Gasteiger partial charge in [0.25, 0.3) is 5.91 Å². The molecule has 0 bridgehead atoms. The van der Waals surface area contributed by atoms with Crippen LogP contribution in [0.3, 0.4) is 0 Å². The number of aryl methyl sites for hydroxylation is 1. The van der Waals surface area contributed by atoms with Crippen LogP contribution in [0.5, 0.6) is 0 Å². The minimum Gasteiger partial charge on any atom is -0.325 e. The van der Waals surface area contributed by atoms with Crippen LogP contribution in [0.25, 0.3) is 0 Å². The van der Waals surface area contributed by atoms with Crippen molar-refractivity contribution in [1.29, 1.82) is 0 Å². The summed E-state index contributed by atoms with van der Waals surface area (Å²) in [5.74, 6) is -0.285. The highest BCUT2D eigenvalue weighted by Crippen LogP contribution is 2.26. The van der Waals surface area contributed by atoms with E-state index < -0.39 is 6.04 Å². The maximum absolute atomic E-state index is 12.8. The van der Waals surface area contributed by atoms with Gasteiger partial charge >= 0.3 is 0 Å². The number of hydrogen-bond donors (Lipinski definition) is 0. The van der Waals surface area contributed by atoms with Gasteiger partial charge in [0.1, 0.15) is 6.04 Å². The molecule has 1 atom stereocenters. The van der Waals surface area contributed by atoms with Gasteiger partial charge in [-0.25, -0.2) is 0 Å². The number of carbonyl (C=O) groups is 2. The zero-order valence-electron chi connectivity index (χ0n) is 14.0. The highest BCUT2D eigenvalue weighted by atomic mass is 35.5. The lowest BCUT2D eigenvalue weighted by atomic mass is 10.1. The molecular formula is C19H18Cl2N2O2. The largest absolute Gasteiger partial charge is 0.325 e. The quantitative estimate of drug-likeness (QED) is 0.788. The third-order valence-corrected chi connectivity index (χ3v) is 5.13. The first-order valence-corrected chi connectivity index (χ1v) is 8.78. The zero-order chi connectivity index (χ0) is 18.1. The first-order valence-electron chi connectivity index (χ1n) is 8.02. The van der Waals surface area contributed by atoms with Gasteiger partial charge in [0.2, 0.25) is 5.91 Å². The Morgan fingerprint density at radius 1 is 1.08 bits per heavy atom. The molecule has 25 heavy (non-hydrogen) atoms. The normalized spacial score (nSPS) is 17.8. The molecule has 1 saturated heterocycles. The van der Waals surface area contributed by atoms with Crippen molar-refractivity contribution in [3.05, 3.63) is 63.6 Å². The Morgan fingerprint density at radius 3 is 2.40 bits per heavy atom. The number of halogens is 2. The van der Waals surface area contributed by atoms with E-state index in [9.17, 15) is 9.59 Å². The predicted octanol–water partition coefficient (Wildman–Crippen LogP) is 4.18. The highest BCUT2D eigenvalue weighted by Gasteiger charge is 2.35. The third-order valence-electron chi connectivity index (χ3n) is 4.47. The molecule has 1 fully saturated rings. The molecule has 0 radical (unpaired) electrons. The molecule has 130 valence electrons. The predicted molar refractivity (Wildman–Crippen MR) is 100 cm³/mol. The lowest BCUT2D eigenvalue weighted by Gasteiger charge is -2.39. The first kappa shape index (κ1) is 17.8. The van der Waals surface area contributed by atoms with Crippen molar-refractivity contribution in [2.45, 2.75) is 19.9 Å². The third kappa shape index (κ3) is 3.51. The number of amides is 2. The number of hydrogen-bond acceptors (Lipinski definition) is 2. The molecule has 4 nitrogen and oxygen atoms in total. The maximum Gasteiger partial charge on any atom is 0.254 e. The molecule has 2 aromatic carbocycles. The Kier molecular flexibility index (Phi) is 5.02. The summed E-state index contributed by atoms with van der Waals surface area (Å²) in [6, 6.07) is 11.7.